The molecule has 1 atom stereocenters. The number of halogens is 4. The summed E-state index contributed by atoms with van der Waals surface area (Å²) in [5.41, 5.74) is 0. The molecule has 0 spiro atoms. The van der Waals surface area contributed by atoms with Gasteiger partial charge in [-0.05, 0) is 13.3 Å². The number of hydrogen-bond donors (Lipinski definition) is 1. The lowest BCUT2D eigenvalue weighted by molar-refractivity contribution is -0.133. The van der Waals surface area contributed by atoms with Gasteiger partial charge >= 0.3 is 6.18 Å². The fourth-order valence-corrected chi connectivity index (χ4v) is 1.41. The third-order valence-corrected chi connectivity index (χ3v) is 1.90. The molecule has 1 unspecified atom stereocenters. The van der Waals surface area contributed by atoms with Crippen LogP contribution in [0.3, 0.4) is 0 Å². The molecule has 0 aromatic carbocycles. The molecule has 0 fully saturated rings. The molecule has 0 aliphatic carbocycles. The zero-order valence-corrected chi connectivity index (χ0v) is 8.50. The largest absolute Gasteiger partial charge is 0.390 e. The predicted octanol–water partition coefficient (Wildman–Crippen LogP) is 2.70. The van der Waals surface area contributed by atoms with Crippen LogP contribution in [0, 0.1) is 0 Å². The molecule has 0 saturated heterocycles. The van der Waals surface area contributed by atoms with Gasteiger partial charge in [-0.3, -0.25) is 0 Å². The molecule has 0 aromatic rings. The molecule has 0 heterocycles. The summed E-state index contributed by atoms with van der Waals surface area (Å²) in [4.78, 5) is 0. The quantitative estimate of drug-likeness (QED) is 0.737. The first-order valence-electron chi connectivity index (χ1n) is 3.82. The van der Waals surface area contributed by atoms with Crippen LogP contribution in [-0.2, 0) is 0 Å². The third kappa shape index (κ3) is 8.33. The molecule has 74 valence electrons. The highest BCUT2D eigenvalue weighted by molar-refractivity contribution is 9.09. The molecule has 0 radical (unpaired) electrons. The second-order valence-electron chi connectivity index (χ2n) is 2.70. The van der Waals surface area contributed by atoms with E-state index in [1.165, 1.54) is 0 Å². The van der Waals surface area contributed by atoms with Crippen LogP contribution in [0.1, 0.15) is 19.8 Å². The fourth-order valence-electron chi connectivity index (χ4n) is 0.726. The Labute approximate surface area is 78.8 Å². The van der Waals surface area contributed by atoms with Crippen LogP contribution in [0.4, 0.5) is 13.2 Å². The monoisotopic (exact) mass is 247 g/mol. The molecule has 5 heteroatoms. The summed E-state index contributed by atoms with van der Waals surface area (Å²) in [5, 5.41) is 3.60. The fraction of sp³-hybridized carbons (Fsp3) is 1.00. The van der Waals surface area contributed by atoms with E-state index in [0.717, 1.165) is 11.8 Å². The molecule has 0 bridgehead atoms. The maximum absolute atomic E-state index is 11.6. The average molecular weight is 248 g/mol. The summed E-state index contributed by atoms with van der Waals surface area (Å²) in [6.45, 7) is 1.88. The summed E-state index contributed by atoms with van der Waals surface area (Å²) in [7, 11) is 0. The van der Waals surface area contributed by atoms with Gasteiger partial charge in [-0.25, -0.2) is 0 Å². The Kier molecular flexibility index (Phi) is 5.92. The van der Waals surface area contributed by atoms with Crippen molar-refractivity contribution >= 4 is 15.9 Å². The van der Waals surface area contributed by atoms with E-state index in [4.69, 9.17) is 0 Å². The summed E-state index contributed by atoms with van der Waals surface area (Å²) in [6, 6.07) is 0.145. The Morgan fingerprint density at radius 1 is 1.42 bits per heavy atom. The molecule has 12 heavy (non-hydrogen) atoms. The van der Waals surface area contributed by atoms with Gasteiger partial charge in [-0.15, -0.1) is 0 Å². The zero-order valence-electron chi connectivity index (χ0n) is 6.92. The maximum atomic E-state index is 11.6. The van der Waals surface area contributed by atoms with Crippen LogP contribution in [0.25, 0.3) is 0 Å². The number of rotatable bonds is 5. The Hall–Kier alpha value is 0.230. The van der Waals surface area contributed by atoms with E-state index in [9.17, 15) is 13.2 Å². The van der Waals surface area contributed by atoms with Crippen molar-refractivity contribution in [3.8, 4) is 0 Å². The van der Waals surface area contributed by atoms with Gasteiger partial charge < -0.3 is 5.32 Å². The lowest BCUT2D eigenvalue weighted by atomic mass is 10.2. The molecular formula is C7H13BrF3N. The Morgan fingerprint density at radius 2 is 2.00 bits per heavy atom. The summed E-state index contributed by atoms with van der Waals surface area (Å²) >= 11 is 3.22. The number of hydrogen-bond acceptors (Lipinski definition) is 1. The molecule has 0 saturated carbocycles. The van der Waals surface area contributed by atoms with Gasteiger partial charge in [0.15, 0.2) is 0 Å². The van der Waals surface area contributed by atoms with Gasteiger partial charge in [0.1, 0.15) is 0 Å². The minimum absolute atomic E-state index is 0.0116. The van der Waals surface area contributed by atoms with Crippen LogP contribution in [0.2, 0.25) is 0 Å². The first kappa shape index (κ1) is 12.2. The van der Waals surface area contributed by atoms with Gasteiger partial charge in [0.25, 0.3) is 0 Å². The van der Waals surface area contributed by atoms with E-state index in [2.05, 4.69) is 21.2 Å². The predicted molar refractivity (Wildman–Crippen MR) is 46.5 cm³/mol. The van der Waals surface area contributed by atoms with E-state index in [0.29, 0.717) is 0 Å². The highest BCUT2D eigenvalue weighted by atomic mass is 79.9. The Balaban J connectivity index is 3.31. The first-order chi connectivity index (χ1) is 5.45. The van der Waals surface area contributed by atoms with E-state index in [-0.39, 0.29) is 12.6 Å². The summed E-state index contributed by atoms with van der Waals surface area (Å²) in [5.74, 6) is 0. The molecular weight excluding hydrogens is 235 g/mol. The summed E-state index contributed by atoms with van der Waals surface area (Å²) < 4.78 is 34.9. The van der Waals surface area contributed by atoms with Crippen molar-refractivity contribution < 1.29 is 13.2 Å². The number of alkyl halides is 4. The van der Waals surface area contributed by atoms with Crippen LogP contribution < -0.4 is 5.32 Å². The lowest BCUT2D eigenvalue weighted by Gasteiger charge is -2.12. The maximum Gasteiger partial charge on any atom is 0.390 e. The Bertz CT molecular complexity index is 116. The third-order valence-electron chi connectivity index (χ3n) is 1.44. The van der Waals surface area contributed by atoms with Crippen molar-refractivity contribution in [1.29, 1.82) is 0 Å². The SMILES string of the molecule is CC(CCBr)NCCC(F)(F)F. The minimum Gasteiger partial charge on any atom is -0.314 e. The van der Waals surface area contributed by atoms with Crippen molar-refractivity contribution in [1.82, 2.24) is 5.32 Å². The van der Waals surface area contributed by atoms with E-state index in [1.54, 1.807) is 0 Å². The van der Waals surface area contributed by atoms with Crippen LogP contribution in [0.15, 0.2) is 0 Å². The minimum atomic E-state index is -4.04. The molecule has 0 rings (SSSR count). The van der Waals surface area contributed by atoms with Crippen molar-refractivity contribution in [3.05, 3.63) is 0 Å². The molecule has 1 nitrogen and oxygen atoms in total. The normalized spacial score (nSPS) is 14.8. The summed E-state index contributed by atoms with van der Waals surface area (Å²) in [6.07, 6.45) is -3.95. The first-order valence-corrected chi connectivity index (χ1v) is 4.94. The van der Waals surface area contributed by atoms with Crippen LogP contribution in [0.5, 0.6) is 0 Å². The van der Waals surface area contributed by atoms with Crippen molar-refractivity contribution in [2.24, 2.45) is 0 Å². The van der Waals surface area contributed by atoms with E-state index >= 15 is 0 Å². The van der Waals surface area contributed by atoms with Gasteiger partial charge in [0.05, 0.1) is 6.42 Å². The second-order valence-corrected chi connectivity index (χ2v) is 3.49. The molecule has 0 aliphatic heterocycles. The standard InChI is InChI=1S/C7H13BrF3N/c1-6(2-4-8)12-5-3-7(9,10)11/h6,12H,2-5H2,1H3. The second kappa shape index (κ2) is 5.80. The average Bonchev–Trinajstić information content (AvgIpc) is 1.84. The topological polar surface area (TPSA) is 12.0 Å². The van der Waals surface area contributed by atoms with Crippen LogP contribution in [-0.4, -0.2) is 24.1 Å². The highest BCUT2D eigenvalue weighted by Gasteiger charge is 2.26. The van der Waals surface area contributed by atoms with Crippen molar-refractivity contribution in [2.75, 3.05) is 11.9 Å². The van der Waals surface area contributed by atoms with Gasteiger partial charge in [0.2, 0.25) is 0 Å². The smallest absolute Gasteiger partial charge is 0.314 e. The van der Waals surface area contributed by atoms with Crippen LogP contribution >= 0.6 is 15.9 Å². The highest BCUT2D eigenvalue weighted by Crippen LogP contribution is 2.18. The Morgan fingerprint density at radius 3 is 2.42 bits per heavy atom. The number of nitrogens with one attached hydrogen (secondary N) is 1. The zero-order chi connectivity index (χ0) is 9.61. The molecule has 0 aromatic heterocycles. The van der Waals surface area contributed by atoms with Gasteiger partial charge in [-0.2, -0.15) is 13.2 Å². The molecule has 0 aliphatic rings. The van der Waals surface area contributed by atoms with E-state index in [1.807, 2.05) is 6.92 Å². The van der Waals surface area contributed by atoms with Gasteiger partial charge in [-0.1, -0.05) is 15.9 Å². The van der Waals surface area contributed by atoms with E-state index < -0.39 is 12.6 Å². The van der Waals surface area contributed by atoms with Gasteiger partial charge in [0, 0.05) is 17.9 Å². The molecule has 0 amide bonds. The lowest BCUT2D eigenvalue weighted by Crippen LogP contribution is -2.30. The van der Waals surface area contributed by atoms with Crippen molar-refractivity contribution in [3.63, 3.8) is 0 Å². The van der Waals surface area contributed by atoms with Crippen molar-refractivity contribution in [2.45, 2.75) is 32.0 Å². The molecule has 1 N–H and O–H groups in total.